The minimum absolute atomic E-state index is 0.0581. The molecule has 0 aliphatic carbocycles. The van der Waals surface area contributed by atoms with Crippen LogP contribution in [0.4, 0.5) is 13.2 Å². The molecule has 0 saturated heterocycles. The third kappa shape index (κ3) is 2.69. The van der Waals surface area contributed by atoms with E-state index in [1.807, 2.05) is 0 Å². The molecular formula is C7H7ClF3N3O. The smallest absolute Gasteiger partial charge is 0.328 e. The van der Waals surface area contributed by atoms with Crippen molar-refractivity contribution < 1.29 is 13.2 Å². The second kappa shape index (κ2) is 4.19. The van der Waals surface area contributed by atoms with Crippen molar-refractivity contribution in [1.82, 2.24) is 9.55 Å². The Morgan fingerprint density at radius 2 is 2.20 bits per heavy atom. The summed E-state index contributed by atoms with van der Waals surface area (Å²) in [5.41, 5.74) is 3.92. The van der Waals surface area contributed by atoms with Crippen LogP contribution >= 0.6 is 11.6 Å². The van der Waals surface area contributed by atoms with Gasteiger partial charge in [0.05, 0.1) is 11.2 Å². The summed E-state index contributed by atoms with van der Waals surface area (Å²) >= 11 is 5.44. The molecule has 0 aliphatic heterocycles. The Morgan fingerprint density at radius 1 is 1.60 bits per heavy atom. The average Bonchev–Trinajstić information content (AvgIpc) is 2.10. The minimum atomic E-state index is -4.61. The molecule has 84 valence electrons. The van der Waals surface area contributed by atoms with Crippen LogP contribution in [0.2, 0.25) is 5.02 Å². The van der Waals surface area contributed by atoms with Gasteiger partial charge in [-0.1, -0.05) is 11.6 Å². The first-order valence-corrected chi connectivity index (χ1v) is 4.24. The van der Waals surface area contributed by atoms with Crippen molar-refractivity contribution in [2.45, 2.75) is 12.2 Å². The molecule has 15 heavy (non-hydrogen) atoms. The molecule has 0 saturated carbocycles. The Kier molecular flexibility index (Phi) is 3.35. The lowest BCUT2D eigenvalue weighted by Gasteiger charge is -2.20. The molecule has 0 radical (unpaired) electrons. The number of rotatable bonds is 2. The van der Waals surface area contributed by atoms with Crippen LogP contribution in [0.3, 0.4) is 0 Å². The first kappa shape index (κ1) is 12.0. The lowest BCUT2D eigenvalue weighted by Crippen LogP contribution is -2.39. The predicted octanol–water partition coefficient (Wildman–Crippen LogP) is 0.959. The highest BCUT2D eigenvalue weighted by Crippen LogP contribution is 2.28. The van der Waals surface area contributed by atoms with Crippen LogP contribution in [-0.2, 0) is 0 Å². The number of nitrogens with zero attached hydrogens (tertiary/aromatic N) is 2. The standard InChI is InChI=1S/C7H7ClF3N3O/c8-4-2-13-6(15)14(3-4)5(1-12)7(9,10)11/h2-3,5H,1,12H2. The molecule has 0 fully saturated rings. The second-order valence-electron chi connectivity index (χ2n) is 2.76. The molecule has 4 nitrogen and oxygen atoms in total. The van der Waals surface area contributed by atoms with E-state index in [9.17, 15) is 18.0 Å². The third-order valence-electron chi connectivity index (χ3n) is 1.72. The predicted molar refractivity (Wildman–Crippen MR) is 47.7 cm³/mol. The van der Waals surface area contributed by atoms with Crippen molar-refractivity contribution in [3.8, 4) is 0 Å². The van der Waals surface area contributed by atoms with Crippen molar-refractivity contribution in [2.75, 3.05) is 6.54 Å². The molecule has 1 rings (SSSR count). The Bertz CT molecular complexity index is 403. The maximum Gasteiger partial charge on any atom is 0.410 e. The van der Waals surface area contributed by atoms with Gasteiger partial charge in [-0.25, -0.2) is 9.78 Å². The highest BCUT2D eigenvalue weighted by atomic mass is 35.5. The van der Waals surface area contributed by atoms with Crippen LogP contribution in [0.5, 0.6) is 0 Å². The van der Waals surface area contributed by atoms with Crippen LogP contribution in [0, 0.1) is 0 Å². The molecule has 1 aromatic rings. The van der Waals surface area contributed by atoms with Gasteiger partial charge < -0.3 is 5.73 Å². The van der Waals surface area contributed by atoms with Crippen molar-refractivity contribution in [2.24, 2.45) is 5.73 Å². The molecule has 2 N–H and O–H groups in total. The van der Waals surface area contributed by atoms with Crippen LogP contribution in [0.15, 0.2) is 17.2 Å². The van der Waals surface area contributed by atoms with Gasteiger partial charge in [-0.05, 0) is 0 Å². The molecule has 0 amide bonds. The zero-order chi connectivity index (χ0) is 11.6. The summed E-state index contributed by atoms with van der Waals surface area (Å²) in [6.45, 7) is -0.745. The molecule has 0 aromatic carbocycles. The normalized spacial score (nSPS) is 13.9. The lowest BCUT2D eigenvalue weighted by molar-refractivity contribution is -0.165. The van der Waals surface area contributed by atoms with Gasteiger partial charge in [0.2, 0.25) is 0 Å². The fourth-order valence-electron chi connectivity index (χ4n) is 1.03. The number of nitrogens with two attached hydrogens (primary N) is 1. The van der Waals surface area contributed by atoms with E-state index in [1.165, 1.54) is 0 Å². The van der Waals surface area contributed by atoms with Gasteiger partial charge in [-0.15, -0.1) is 0 Å². The Hall–Kier alpha value is -1.08. The van der Waals surface area contributed by atoms with Gasteiger partial charge in [0.1, 0.15) is 6.04 Å². The molecule has 0 spiro atoms. The Morgan fingerprint density at radius 3 is 2.67 bits per heavy atom. The van der Waals surface area contributed by atoms with Crippen LogP contribution in [-0.4, -0.2) is 22.3 Å². The van der Waals surface area contributed by atoms with Crippen molar-refractivity contribution in [1.29, 1.82) is 0 Å². The number of halogens is 4. The van der Waals surface area contributed by atoms with Crippen molar-refractivity contribution in [3.05, 3.63) is 27.9 Å². The highest BCUT2D eigenvalue weighted by Gasteiger charge is 2.40. The zero-order valence-electron chi connectivity index (χ0n) is 7.33. The molecule has 1 unspecified atom stereocenters. The molecule has 0 aliphatic rings. The number of alkyl halides is 3. The van der Waals surface area contributed by atoms with Gasteiger partial charge in [-0.3, -0.25) is 4.57 Å². The maximum absolute atomic E-state index is 12.4. The summed E-state index contributed by atoms with van der Waals surface area (Å²) in [5, 5.41) is -0.0581. The van der Waals surface area contributed by atoms with Gasteiger partial charge in [0, 0.05) is 12.7 Å². The molecule has 1 aromatic heterocycles. The van der Waals surface area contributed by atoms with E-state index in [4.69, 9.17) is 17.3 Å². The van der Waals surface area contributed by atoms with Gasteiger partial charge in [0.15, 0.2) is 0 Å². The molecule has 1 atom stereocenters. The van der Waals surface area contributed by atoms with Crippen LogP contribution in [0.25, 0.3) is 0 Å². The molecular weight excluding hydrogens is 235 g/mol. The summed E-state index contributed by atoms with van der Waals surface area (Å²) in [6.07, 6.45) is -2.77. The summed E-state index contributed by atoms with van der Waals surface area (Å²) in [5.74, 6) is 0. The van der Waals surface area contributed by atoms with Gasteiger partial charge >= 0.3 is 11.9 Å². The zero-order valence-corrected chi connectivity index (χ0v) is 8.09. The van der Waals surface area contributed by atoms with Crippen molar-refractivity contribution in [3.63, 3.8) is 0 Å². The Balaban J connectivity index is 3.24. The number of hydrogen-bond donors (Lipinski definition) is 1. The SMILES string of the molecule is NCC(n1cc(Cl)cnc1=O)C(F)(F)F. The largest absolute Gasteiger partial charge is 0.410 e. The second-order valence-corrected chi connectivity index (χ2v) is 3.19. The summed E-state index contributed by atoms with van der Waals surface area (Å²) in [4.78, 5) is 14.2. The Labute approximate surface area is 87.5 Å². The molecule has 1 heterocycles. The summed E-state index contributed by atoms with van der Waals surface area (Å²) in [6, 6.07) is -2.10. The van der Waals surface area contributed by atoms with Crippen LogP contribution in [0.1, 0.15) is 6.04 Å². The van der Waals surface area contributed by atoms with E-state index in [1.54, 1.807) is 0 Å². The number of aromatic nitrogens is 2. The molecule has 0 bridgehead atoms. The highest BCUT2D eigenvalue weighted by molar-refractivity contribution is 6.30. The summed E-state index contributed by atoms with van der Waals surface area (Å²) in [7, 11) is 0. The monoisotopic (exact) mass is 241 g/mol. The van der Waals surface area contributed by atoms with Gasteiger partial charge in [0.25, 0.3) is 0 Å². The quantitative estimate of drug-likeness (QED) is 0.839. The van der Waals surface area contributed by atoms with E-state index in [2.05, 4.69) is 4.98 Å². The number of hydrogen-bond acceptors (Lipinski definition) is 3. The first-order valence-electron chi connectivity index (χ1n) is 3.86. The topological polar surface area (TPSA) is 60.9 Å². The average molecular weight is 242 g/mol. The summed E-state index contributed by atoms with van der Waals surface area (Å²) < 4.78 is 37.6. The fraction of sp³-hybridized carbons (Fsp3) is 0.429. The fourth-order valence-corrected chi connectivity index (χ4v) is 1.19. The minimum Gasteiger partial charge on any atom is -0.328 e. The van der Waals surface area contributed by atoms with E-state index >= 15 is 0 Å². The van der Waals surface area contributed by atoms with Crippen molar-refractivity contribution >= 4 is 11.6 Å². The first-order chi connectivity index (χ1) is 6.86. The van der Waals surface area contributed by atoms with E-state index in [-0.39, 0.29) is 5.02 Å². The van der Waals surface area contributed by atoms with Gasteiger partial charge in [-0.2, -0.15) is 13.2 Å². The van der Waals surface area contributed by atoms with E-state index in [0.717, 1.165) is 12.4 Å². The van der Waals surface area contributed by atoms with E-state index < -0.39 is 24.5 Å². The van der Waals surface area contributed by atoms with Crippen LogP contribution < -0.4 is 11.4 Å². The maximum atomic E-state index is 12.4. The third-order valence-corrected chi connectivity index (χ3v) is 1.91. The molecule has 8 heteroatoms. The van der Waals surface area contributed by atoms with E-state index in [0.29, 0.717) is 4.57 Å². The lowest BCUT2D eigenvalue weighted by atomic mass is 10.3.